The molecule has 2 nitrogen and oxygen atoms in total. The summed E-state index contributed by atoms with van der Waals surface area (Å²) in [6, 6.07) is 7.82. The first-order chi connectivity index (χ1) is 10.5. The smallest absolute Gasteiger partial charge is 0.126 e. The van der Waals surface area contributed by atoms with Gasteiger partial charge in [-0.15, -0.1) is 0 Å². The van der Waals surface area contributed by atoms with E-state index < -0.39 is 11.6 Å². The van der Waals surface area contributed by atoms with E-state index in [0.717, 1.165) is 0 Å². The van der Waals surface area contributed by atoms with E-state index >= 15 is 0 Å². The Morgan fingerprint density at radius 2 is 1.14 bits per heavy atom. The second kappa shape index (κ2) is 6.77. The maximum atomic E-state index is 14.1. The summed E-state index contributed by atoms with van der Waals surface area (Å²) in [7, 11) is 0. The van der Waals surface area contributed by atoms with Gasteiger partial charge in [-0.25, -0.2) is 8.78 Å². The van der Waals surface area contributed by atoms with Gasteiger partial charge in [0, 0.05) is 0 Å². The molecule has 0 fully saturated rings. The third-order valence-electron chi connectivity index (χ3n) is 4.12. The number of aromatic hydroxyl groups is 2. The van der Waals surface area contributed by atoms with Crippen molar-refractivity contribution < 1.29 is 19.0 Å². The van der Waals surface area contributed by atoms with Gasteiger partial charge < -0.3 is 10.2 Å². The predicted octanol–water partition coefficient (Wildman–Crippen LogP) is 5.06. The van der Waals surface area contributed by atoms with Gasteiger partial charge in [0.2, 0.25) is 0 Å². The Bertz CT molecular complexity index is 598. The summed E-state index contributed by atoms with van der Waals surface area (Å²) < 4.78 is 28.3. The number of phenols is 2. The molecule has 0 heterocycles. The third-order valence-corrected chi connectivity index (χ3v) is 4.12. The molecule has 2 N–H and O–H groups in total. The molecule has 0 aromatic heterocycles. The van der Waals surface area contributed by atoms with Crippen molar-refractivity contribution in [1.82, 2.24) is 0 Å². The Balaban J connectivity index is 2.51. The highest BCUT2D eigenvalue weighted by molar-refractivity contribution is 5.37. The lowest BCUT2D eigenvalue weighted by Crippen LogP contribution is -2.13. The minimum atomic E-state index is -0.413. The van der Waals surface area contributed by atoms with Crippen LogP contribution in [0.25, 0.3) is 0 Å². The lowest BCUT2D eigenvalue weighted by Gasteiger charge is -2.27. The molecule has 0 bridgehead atoms. The van der Waals surface area contributed by atoms with Gasteiger partial charge >= 0.3 is 0 Å². The first kappa shape index (κ1) is 16.3. The van der Waals surface area contributed by atoms with Gasteiger partial charge in [0.1, 0.15) is 23.1 Å². The average molecular weight is 306 g/mol. The van der Waals surface area contributed by atoms with Gasteiger partial charge in [0.05, 0.1) is 0 Å². The average Bonchev–Trinajstić information content (AvgIpc) is 2.50. The van der Waals surface area contributed by atoms with Crippen LogP contribution in [0.15, 0.2) is 36.4 Å². The molecule has 0 aliphatic heterocycles. The lowest BCUT2D eigenvalue weighted by molar-refractivity contribution is 0.441. The molecule has 22 heavy (non-hydrogen) atoms. The molecule has 0 spiro atoms. The van der Waals surface area contributed by atoms with Gasteiger partial charge in [-0.05, 0) is 72.2 Å². The summed E-state index contributed by atoms with van der Waals surface area (Å²) in [5.74, 6) is -1.42. The number of hydrogen-bond donors (Lipinski definition) is 2. The Morgan fingerprint density at radius 3 is 1.45 bits per heavy atom. The highest BCUT2D eigenvalue weighted by Crippen LogP contribution is 2.41. The first-order valence-corrected chi connectivity index (χ1v) is 7.44. The fourth-order valence-corrected chi connectivity index (χ4v) is 3.07. The highest BCUT2D eigenvalue weighted by Gasteiger charge is 2.27. The van der Waals surface area contributed by atoms with Crippen LogP contribution in [0.5, 0.6) is 11.5 Å². The van der Waals surface area contributed by atoms with Crippen LogP contribution >= 0.6 is 0 Å². The van der Waals surface area contributed by atoms with E-state index in [2.05, 4.69) is 0 Å². The zero-order valence-electron chi connectivity index (χ0n) is 12.7. The van der Waals surface area contributed by atoms with Crippen molar-refractivity contribution in [2.45, 2.75) is 38.5 Å². The van der Waals surface area contributed by atoms with Crippen molar-refractivity contribution >= 4 is 0 Å². The van der Waals surface area contributed by atoms with Crippen LogP contribution in [0.3, 0.4) is 0 Å². The molecular weight excluding hydrogens is 286 g/mol. The van der Waals surface area contributed by atoms with Gasteiger partial charge in [-0.3, -0.25) is 0 Å². The van der Waals surface area contributed by atoms with E-state index in [1.54, 1.807) is 0 Å². The Morgan fingerprint density at radius 1 is 0.773 bits per heavy atom. The normalized spacial score (nSPS) is 13.8. The first-order valence-electron chi connectivity index (χ1n) is 7.44. The highest BCUT2D eigenvalue weighted by atomic mass is 19.1. The van der Waals surface area contributed by atoms with Crippen LogP contribution in [-0.2, 0) is 0 Å². The van der Waals surface area contributed by atoms with Crippen LogP contribution < -0.4 is 0 Å². The maximum Gasteiger partial charge on any atom is 0.126 e. The monoisotopic (exact) mass is 306 g/mol. The van der Waals surface area contributed by atoms with Crippen LogP contribution in [-0.4, -0.2) is 10.2 Å². The zero-order chi connectivity index (χ0) is 16.3. The molecule has 2 aromatic carbocycles. The SMILES string of the molecule is CCC(c1cc(O)ccc1F)C(CC)c1cc(O)ccc1F. The second-order valence-electron chi connectivity index (χ2n) is 5.44. The topological polar surface area (TPSA) is 40.5 Å². The predicted molar refractivity (Wildman–Crippen MR) is 82.2 cm³/mol. The van der Waals surface area contributed by atoms with Gasteiger partial charge in [0.15, 0.2) is 0 Å². The van der Waals surface area contributed by atoms with Crippen LogP contribution in [0, 0.1) is 11.6 Å². The molecule has 2 atom stereocenters. The van der Waals surface area contributed by atoms with Crippen molar-refractivity contribution in [2.24, 2.45) is 0 Å². The molecule has 4 heteroatoms. The summed E-state index contributed by atoms with van der Waals surface area (Å²) >= 11 is 0. The molecular formula is C18H20F2O2. The summed E-state index contributed by atoms with van der Waals surface area (Å²) in [6.07, 6.45) is 1.18. The Kier molecular flexibility index (Phi) is 5.01. The molecule has 118 valence electrons. The molecule has 2 unspecified atom stereocenters. The van der Waals surface area contributed by atoms with Crippen molar-refractivity contribution in [2.75, 3.05) is 0 Å². The van der Waals surface area contributed by atoms with Crippen LogP contribution in [0.2, 0.25) is 0 Å². The largest absolute Gasteiger partial charge is 0.508 e. The van der Waals surface area contributed by atoms with E-state index in [-0.39, 0.29) is 23.3 Å². The Hall–Kier alpha value is -2.10. The van der Waals surface area contributed by atoms with Gasteiger partial charge in [0.25, 0.3) is 0 Å². The van der Waals surface area contributed by atoms with E-state index in [1.807, 2.05) is 13.8 Å². The van der Waals surface area contributed by atoms with Crippen LogP contribution in [0.4, 0.5) is 8.78 Å². The summed E-state index contributed by atoms with van der Waals surface area (Å²) in [6.45, 7) is 3.80. The minimum absolute atomic E-state index is 0.0129. The number of rotatable bonds is 5. The molecule has 0 saturated carbocycles. The maximum absolute atomic E-state index is 14.1. The van der Waals surface area contributed by atoms with E-state index in [9.17, 15) is 19.0 Å². The standard InChI is InChI=1S/C18H20F2O2/c1-3-13(15-9-11(21)5-7-17(15)19)14(4-2)16-10-12(22)6-8-18(16)20/h5-10,13-14,21-22H,3-4H2,1-2H3. The molecule has 0 saturated heterocycles. The summed E-state index contributed by atoms with van der Waals surface area (Å²) in [5.41, 5.74) is 0.745. The summed E-state index contributed by atoms with van der Waals surface area (Å²) in [4.78, 5) is 0. The number of halogens is 2. The quantitative estimate of drug-likeness (QED) is 0.810. The van der Waals surface area contributed by atoms with Gasteiger partial charge in [-0.1, -0.05) is 13.8 Å². The fourth-order valence-electron chi connectivity index (χ4n) is 3.07. The fraction of sp³-hybridized carbons (Fsp3) is 0.333. The van der Waals surface area contributed by atoms with Crippen molar-refractivity contribution in [3.05, 3.63) is 59.2 Å². The Labute approximate surface area is 129 Å². The molecule has 2 aromatic rings. The van der Waals surface area contributed by atoms with E-state index in [0.29, 0.717) is 24.0 Å². The molecule has 2 rings (SSSR count). The number of benzene rings is 2. The second-order valence-corrected chi connectivity index (χ2v) is 5.44. The lowest BCUT2D eigenvalue weighted by atomic mass is 9.78. The van der Waals surface area contributed by atoms with E-state index in [1.165, 1.54) is 36.4 Å². The van der Waals surface area contributed by atoms with E-state index in [4.69, 9.17) is 0 Å². The van der Waals surface area contributed by atoms with Crippen molar-refractivity contribution in [3.8, 4) is 11.5 Å². The number of phenolic OH excluding ortho intramolecular Hbond substituents is 2. The molecule has 0 aliphatic carbocycles. The third kappa shape index (κ3) is 3.21. The molecule has 0 aliphatic rings. The molecule has 0 radical (unpaired) electrons. The van der Waals surface area contributed by atoms with Crippen molar-refractivity contribution in [1.29, 1.82) is 0 Å². The minimum Gasteiger partial charge on any atom is -0.508 e. The van der Waals surface area contributed by atoms with Crippen molar-refractivity contribution in [3.63, 3.8) is 0 Å². The van der Waals surface area contributed by atoms with Gasteiger partial charge in [-0.2, -0.15) is 0 Å². The van der Waals surface area contributed by atoms with Crippen LogP contribution in [0.1, 0.15) is 49.7 Å². The zero-order valence-corrected chi connectivity index (χ0v) is 12.7. The molecule has 0 amide bonds. The number of hydrogen-bond acceptors (Lipinski definition) is 2. The summed E-state index contributed by atoms with van der Waals surface area (Å²) in [5, 5.41) is 19.2.